The second kappa shape index (κ2) is 5.36. The van der Waals surface area contributed by atoms with Crippen molar-refractivity contribution in [2.45, 2.75) is 38.8 Å². The molecule has 1 aromatic heterocycles. The van der Waals surface area contributed by atoms with Gasteiger partial charge in [0.15, 0.2) is 0 Å². The number of hydrogen-bond donors (Lipinski definition) is 1. The lowest BCUT2D eigenvalue weighted by Crippen LogP contribution is -2.38. The molecule has 2 N–H and O–H groups in total. The summed E-state index contributed by atoms with van der Waals surface area (Å²) in [4.78, 5) is 14.1. The van der Waals surface area contributed by atoms with Crippen molar-refractivity contribution in [3.8, 4) is 0 Å². The molecule has 1 aliphatic heterocycles. The number of aromatic nitrogens is 1. The van der Waals surface area contributed by atoms with Crippen LogP contribution in [-0.2, 0) is 11.3 Å². The Morgan fingerprint density at radius 1 is 1.41 bits per heavy atom. The van der Waals surface area contributed by atoms with Gasteiger partial charge in [-0.3, -0.25) is 4.79 Å². The number of likely N-dealkylation sites (tertiary alicyclic amines) is 1. The predicted molar refractivity (Wildman–Crippen MR) is 67.5 cm³/mol. The molecule has 1 unspecified atom stereocenters. The van der Waals surface area contributed by atoms with E-state index in [4.69, 9.17) is 5.73 Å². The van der Waals surface area contributed by atoms with Gasteiger partial charge >= 0.3 is 0 Å². The molecule has 4 heteroatoms. The molecule has 1 aromatic rings. The molecule has 17 heavy (non-hydrogen) atoms. The number of hydrogen-bond acceptors (Lipinski definition) is 2. The first kappa shape index (κ1) is 12.2. The quantitative estimate of drug-likeness (QED) is 0.863. The second-order valence-corrected chi connectivity index (χ2v) is 4.79. The number of carbonyl (C=O) groups is 1. The summed E-state index contributed by atoms with van der Waals surface area (Å²) in [6.45, 7) is 4.18. The first-order valence-corrected chi connectivity index (χ1v) is 6.37. The topological polar surface area (TPSA) is 51.3 Å². The molecule has 4 nitrogen and oxygen atoms in total. The Morgan fingerprint density at radius 2 is 2.12 bits per heavy atom. The Hall–Kier alpha value is -1.29. The number of nitrogens with two attached hydrogens (primary N) is 1. The van der Waals surface area contributed by atoms with Gasteiger partial charge < -0.3 is 15.2 Å². The van der Waals surface area contributed by atoms with Crippen molar-refractivity contribution >= 4 is 5.91 Å². The summed E-state index contributed by atoms with van der Waals surface area (Å²) in [7, 11) is 0. The molecule has 1 saturated heterocycles. The van der Waals surface area contributed by atoms with Crippen LogP contribution in [0, 0.1) is 0 Å². The average Bonchev–Trinajstić information content (AvgIpc) is 2.78. The van der Waals surface area contributed by atoms with Crippen LogP contribution in [0.4, 0.5) is 0 Å². The molecular weight excluding hydrogens is 214 g/mol. The summed E-state index contributed by atoms with van der Waals surface area (Å²) in [5, 5.41) is 0. The standard InChI is InChI=1S/C13H21N3O/c1-11(14)12-6-5-9-16(12)10-13(17)15-7-3-2-4-8-15/h5-6,9,11H,2-4,7-8,10,14H2,1H3. The number of nitrogens with zero attached hydrogens (tertiary/aromatic N) is 2. The highest BCUT2D eigenvalue weighted by Gasteiger charge is 2.17. The van der Waals surface area contributed by atoms with E-state index < -0.39 is 0 Å². The molecule has 1 amide bonds. The summed E-state index contributed by atoms with van der Waals surface area (Å²) < 4.78 is 1.96. The van der Waals surface area contributed by atoms with Gasteiger partial charge in [-0.25, -0.2) is 0 Å². The Labute approximate surface area is 102 Å². The number of rotatable bonds is 3. The number of amides is 1. The van der Waals surface area contributed by atoms with Gasteiger partial charge in [-0.05, 0) is 38.3 Å². The van der Waals surface area contributed by atoms with Crippen molar-refractivity contribution in [3.05, 3.63) is 24.0 Å². The Kier molecular flexibility index (Phi) is 3.84. The highest BCUT2D eigenvalue weighted by atomic mass is 16.2. The maximum absolute atomic E-state index is 12.1. The van der Waals surface area contributed by atoms with Gasteiger partial charge in [0.25, 0.3) is 0 Å². The van der Waals surface area contributed by atoms with Crippen molar-refractivity contribution in [2.75, 3.05) is 13.1 Å². The summed E-state index contributed by atoms with van der Waals surface area (Å²) in [5.41, 5.74) is 6.89. The van der Waals surface area contributed by atoms with Crippen LogP contribution in [-0.4, -0.2) is 28.5 Å². The minimum absolute atomic E-state index is 0.0286. The first-order valence-electron chi connectivity index (χ1n) is 6.37. The van der Waals surface area contributed by atoms with Gasteiger partial charge in [-0.15, -0.1) is 0 Å². The predicted octanol–water partition coefficient (Wildman–Crippen LogP) is 1.52. The van der Waals surface area contributed by atoms with E-state index in [1.165, 1.54) is 6.42 Å². The molecule has 0 aliphatic carbocycles. The Morgan fingerprint density at radius 3 is 2.76 bits per heavy atom. The van der Waals surface area contributed by atoms with Crippen LogP contribution < -0.4 is 5.73 Å². The van der Waals surface area contributed by atoms with E-state index in [-0.39, 0.29) is 11.9 Å². The molecule has 2 heterocycles. The third kappa shape index (κ3) is 2.88. The Balaban J connectivity index is 1.99. The van der Waals surface area contributed by atoms with Crippen LogP contribution in [0.5, 0.6) is 0 Å². The molecule has 0 bridgehead atoms. The van der Waals surface area contributed by atoms with Crippen LogP contribution in [0.3, 0.4) is 0 Å². The number of carbonyl (C=O) groups excluding carboxylic acids is 1. The van der Waals surface area contributed by atoms with Gasteiger partial charge in [0.05, 0.1) is 0 Å². The summed E-state index contributed by atoms with van der Waals surface area (Å²) in [5.74, 6) is 0.211. The zero-order valence-corrected chi connectivity index (χ0v) is 10.4. The zero-order chi connectivity index (χ0) is 12.3. The van der Waals surface area contributed by atoms with E-state index in [1.807, 2.05) is 34.7 Å². The van der Waals surface area contributed by atoms with E-state index in [0.717, 1.165) is 31.6 Å². The lowest BCUT2D eigenvalue weighted by atomic mass is 10.1. The first-order chi connectivity index (χ1) is 8.18. The fourth-order valence-electron chi connectivity index (χ4n) is 2.37. The average molecular weight is 235 g/mol. The monoisotopic (exact) mass is 235 g/mol. The van der Waals surface area contributed by atoms with E-state index in [1.54, 1.807) is 0 Å². The van der Waals surface area contributed by atoms with Crippen molar-refractivity contribution in [3.63, 3.8) is 0 Å². The second-order valence-electron chi connectivity index (χ2n) is 4.79. The minimum Gasteiger partial charge on any atom is -0.341 e. The van der Waals surface area contributed by atoms with Gasteiger partial charge in [0, 0.05) is 31.0 Å². The van der Waals surface area contributed by atoms with E-state index in [9.17, 15) is 4.79 Å². The van der Waals surface area contributed by atoms with Crippen LogP contribution in [0.25, 0.3) is 0 Å². The highest BCUT2D eigenvalue weighted by molar-refractivity contribution is 5.76. The van der Waals surface area contributed by atoms with Crippen LogP contribution in [0.15, 0.2) is 18.3 Å². The number of piperidine rings is 1. The molecule has 0 saturated carbocycles. The molecular formula is C13H21N3O. The lowest BCUT2D eigenvalue weighted by molar-refractivity contribution is -0.132. The van der Waals surface area contributed by atoms with Crippen LogP contribution in [0.2, 0.25) is 0 Å². The van der Waals surface area contributed by atoms with Crippen molar-refractivity contribution in [1.29, 1.82) is 0 Å². The van der Waals surface area contributed by atoms with Crippen molar-refractivity contribution in [2.24, 2.45) is 5.73 Å². The normalized spacial score (nSPS) is 18.1. The summed E-state index contributed by atoms with van der Waals surface area (Å²) in [6, 6.07) is 3.90. The largest absolute Gasteiger partial charge is 0.341 e. The van der Waals surface area contributed by atoms with Crippen molar-refractivity contribution in [1.82, 2.24) is 9.47 Å². The van der Waals surface area contributed by atoms with Gasteiger partial charge in [0.1, 0.15) is 6.54 Å². The summed E-state index contributed by atoms with van der Waals surface area (Å²) >= 11 is 0. The lowest BCUT2D eigenvalue weighted by Gasteiger charge is -2.27. The minimum atomic E-state index is -0.0286. The third-order valence-electron chi connectivity index (χ3n) is 3.35. The molecule has 1 aliphatic rings. The molecule has 0 aromatic carbocycles. The fraction of sp³-hybridized carbons (Fsp3) is 0.615. The van der Waals surface area contributed by atoms with Crippen LogP contribution >= 0.6 is 0 Å². The van der Waals surface area contributed by atoms with Gasteiger partial charge in [0.2, 0.25) is 5.91 Å². The fourth-order valence-corrected chi connectivity index (χ4v) is 2.37. The molecule has 2 rings (SSSR count). The molecule has 1 fully saturated rings. The highest BCUT2D eigenvalue weighted by Crippen LogP contribution is 2.13. The Bertz CT molecular complexity index is 378. The van der Waals surface area contributed by atoms with Crippen molar-refractivity contribution < 1.29 is 4.79 Å². The van der Waals surface area contributed by atoms with E-state index >= 15 is 0 Å². The van der Waals surface area contributed by atoms with E-state index in [0.29, 0.717) is 6.54 Å². The molecule has 1 atom stereocenters. The molecule has 0 spiro atoms. The van der Waals surface area contributed by atoms with Gasteiger partial charge in [-0.1, -0.05) is 0 Å². The smallest absolute Gasteiger partial charge is 0.242 e. The van der Waals surface area contributed by atoms with E-state index in [2.05, 4.69) is 0 Å². The molecule has 0 radical (unpaired) electrons. The van der Waals surface area contributed by atoms with Crippen LogP contribution in [0.1, 0.15) is 37.9 Å². The zero-order valence-electron chi connectivity index (χ0n) is 10.4. The third-order valence-corrected chi connectivity index (χ3v) is 3.35. The SMILES string of the molecule is CC(N)c1cccn1CC(=O)N1CCCCC1. The maximum atomic E-state index is 12.1. The molecule has 94 valence electrons. The summed E-state index contributed by atoms with van der Waals surface area (Å²) in [6.07, 6.45) is 5.45. The maximum Gasteiger partial charge on any atom is 0.242 e. The van der Waals surface area contributed by atoms with Gasteiger partial charge in [-0.2, -0.15) is 0 Å².